The van der Waals surface area contributed by atoms with Gasteiger partial charge in [0.2, 0.25) is 10.0 Å². The quantitative estimate of drug-likeness (QED) is 0.720. The molecule has 2 N–H and O–H groups in total. The van der Waals surface area contributed by atoms with Crippen LogP contribution in [0.5, 0.6) is 0 Å². The zero-order chi connectivity index (χ0) is 14.3. The van der Waals surface area contributed by atoms with Crippen molar-refractivity contribution in [2.75, 3.05) is 25.6 Å². The van der Waals surface area contributed by atoms with Crippen molar-refractivity contribution in [2.45, 2.75) is 17.9 Å². The van der Waals surface area contributed by atoms with Crippen molar-refractivity contribution in [1.82, 2.24) is 10.0 Å². The fourth-order valence-electron chi connectivity index (χ4n) is 1.54. The molecule has 0 saturated carbocycles. The maximum atomic E-state index is 12.0. The Hall–Kier alpha value is -0.270. The fraction of sp³-hybridized carbons (Fsp3) is 0.500. The molecule has 0 aliphatic carbocycles. The Bertz CT molecular complexity index is 506. The van der Waals surface area contributed by atoms with Gasteiger partial charge in [-0.25, -0.2) is 13.1 Å². The SMILES string of the molecule is CNCc1ccc(S(=O)(=O)NCCCSC)cc1Cl. The standard InChI is InChI=1S/C12H19ClN2O2S2/c1-14-9-10-4-5-11(8-12(10)13)19(16,17)15-6-3-7-18-2/h4-5,8,14-15H,3,6-7,9H2,1-2H3. The average Bonchev–Trinajstić information content (AvgIpc) is 2.37. The molecule has 0 saturated heterocycles. The van der Waals surface area contributed by atoms with Crippen molar-refractivity contribution in [3.8, 4) is 0 Å². The first-order valence-electron chi connectivity index (χ1n) is 5.93. The molecule has 0 aliphatic rings. The van der Waals surface area contributed by atoms with E-state index in [1.165, 1.54) is 6.07 Å². The lowest BCUT2D eigenvalue weighted by molar-refractivity contribution is 0.581. The molecule has 0 spiro atoms. The summed E-state index contributed by atoms with van der Waals surface area (Å²) >= 11 is 7.76. The van der Waals surface area contributed by atoms with Gasteiger partial charge in [-0.3, -0.25) is 0 Å². The molecule has 1 aromatic carbocycles. The Balaban J connectivity index is 2.75. The monoisotopic (exact) mass is 322 g/mol. The number of sulfonamides is 1. The second-order valence-electron chi connectivity index (χ2n) is 4.03. The van der Waals surface area contributed by atoms with Gasteiger partial charge in [-0.15, -0.1) is 0 Å². The van der Waals surface area contributed by atoms with E-state index in [4.69, 9.17) is 11.6 Å². The molecule has 0 heterocycles. The molecule has 0 aromatic heterocycles. The molecule has 0 radical (unpaired) electrons. The summed E-state index contributed by atoms with van der Waals surface area (Å²) in [4.78, 5) is 0.210. The van der Waals surface area contributed by atoms with E-state index < -0.39 is 10.0 Å². The van der Waals surface area contributed by atoms with E-state index in [2.05, 4.69) is 10.0 Å². The summed E-state index contributed by atoms with van der Waals surface area (Å²) in [5.74, 6) is 0.935. The number of rotatable bonds is 8. The molecule has 4 nitrogen and oxygen atoms in total. The lowest BCUT2D eigenvalue weighted by Crippen LogP contribution is -2.25. The zero-order valence-corrected chi connectivity index (χ0v) is 13.5. The summed E-state index contributed by atoms with van der Waals surface area (Å²) in [5, 5.41) is 3.44. The van der Waals surface area contributed by atoms with E-state index in [9.17, 15) is 8.42 Å². The van der Waals surface area contributed by atoms with Crippen LogP contribution in [0.3, 0.4) is 0 Å². The third-order valence-electron chi connectivity index (χ3n) is 2.52. The van der Waals surface area contributed by atoms with Crippen molar-refractivity contribution in [2.24, 2.45) is 0 Å². The van der Waals surface area contributed by atoms with Crippen LogP contribution in [0.4, 0.5) is 0 Å². The first-order chi connectivity index (χ1) is 9.01. The van der Waals surface area contributed by atoms with Gasteiger partial charge >= 0.3 is 0 Å². The first kappa shape index (κ1) is 16.8. The average molecular weight is 323 g/mol. The van der Waals surface area contributed by atoms with Crippen LogP contribution in [0.2, 0.25) is 5.02 Å². The van der Waals surface area contributed by atoms with Gasteiger partial charge in [0.25, 0.3) is 0 Å². The van der Waals surface area contributed by atoms with E-state index in [1.807, 2.05) is 13.3 Å². The van der Waals surface area contributed by atoms with Crippen LogP contribution in [0, 0.1) is 0 Å². The summed E-state index contributed by atoms with van der Waals surface area (Å²) < 4.78 is 26.6. The Kier molecular flexibility index (Phi) is 7.17. The maximum absolute atomic E-state index is 12.0. The topological polar surface area (TPSA) is 58.2 Å². The molecule has 0 bridgehead atoms. The highest BCUT2D eigenvalue weighted by molar-refractivity contribution is 7.98. The number of thioether (sulfide) groups is 1. The van der Waals surface area contributed by atoms with Crippen LogP contribution in [0.25, 0.3) is 0 Å². The van der Waals surface area contributed by atoms with Gasteiger partial charge in [-0.1, -0.05) is 17.7 Å². The smallest absolute Gasteiger partial charge is 0.240 e. The Morgan fingerprint density at radius 1 is 1.37 bits per heavy atom. The van der Waals surface area contributed by atoms with Gasteiger partial charge in [-0.2, -0.15) is 11.8 Å². The predicted molar refractivity (Wildman–Crippen MR) is 82.4 cm³/mol. The Labute approximate surface area is 124 Å². The van der Waals surface area contributed by atoms with Crippen LogP contribution >= 0.6 is 23.4 Å². The third kappa shape index (κ3) is 5.31. The first-order valence-corrected chi connectivity index (χ1v) is 9.18. The van der Waals surface area contributed by atoms with Gasteiger partial charge in [0.15, 0.2) is 0 Å². The highest BCUT2D eigenvalue weighted by Crippen LogP contribution is 2.20. The van der Waals surface area contributed by atoms with Gasteiger partial charge in [0, 0.05) is 18.1 Å². The molecule has 0 fully saturated rings. The van der Waals surface area contributed by atoms with Gasteiger partial charge in [0.05, 0.1) is 4.90 Å². The van der Waals surface area contributed by atoms with E-state index in [1.54, 1.807) is 23.9 Å². The normalized spacial score (nSPS) is 11.7. The fourth-order valence-corrected chi connectivity index (χ4v) is 3.38. The van der Waals surface area contributed by atoms with Crippen molar-refractivity contribution < 1.29 is 8.42 Å². The summed E-state index contributed by atoms with van der Waals surface area (Å²) in [6.07, 6.45) is 2.81. The van der Waals surface area contributed by atoms with Crippen LogP contribution in [-0.4, -0.2) is 34.0 Å². The summed E-state index contributed by atoms with van der Waals surface area (Å²) in [5.41, 5.74) is 0.880. The Morgan fingerprint density at radius 3 is 2.68 bits per heavy atom. The maximum Gasteiger partial charge on any atom is 0.240 e. The molecular weight excluding hydrogens is 304 g/mol. The largest absolute Gasteiger partial charge is 0.316 e. The molecule has 7 heteroatoms. The zero-order valence-electron chi connectivity index (χ0n) is 11.1. The predicted octanol–water partition coefficient (Wildman–Crippen LogP) is 2.09. The molecule has 0 amide bonds. The van der Waals surface area contributed by atoms with E-state index in [-0.39, 0.29) is 4.90 Å². The van der Waals surface area contributed by atoms with Gasteiger partial charge in [-0.05, 0) is 43.2 Å². The molecule has 0 aliphatic heterocycles. The lowest BCUT2D eigenvalue weighted by atomic mass is 10.2. The summed E-state index contributed by atoms with van der Waals surface area (Å²) in [7, 11) is -1.65. The van der Waals surface area contributed by atoms with Gasteiger partial charge in [0.1, 0.15) is 0 Å². The minimum absolute atomic E-state index is 0.210. The highest BCUT2D eigenvalue weighted by Gasteiger charge is 2.14. The lowest BCUT2D eigenvalue weighted by Gasteiger charge is -2.09. The number of benzene rings is 1. The highest BCUT2D eigenvalue weighted by atomic mass is 35.5. The van der Waals surface area contributed by atoms with Crippen LogP contribution in [0.1, 0.15) is 12.0 Å². The minimum atomic E-state index is -3.46. The van der Waals surface area contributed by atoms with Crippen molar-refractivity contribution in [3.63, 3.8) is 0 Å². The molecular formula is C12H19ClN2O2S2. The number of nitrogens with one attached hydrogen (secondary N) is 2. The Morgan fingerprint density at radius 2 is 2.11 bits per heavy atom. The van der Waals surface area contributed by atoms with E-state index >= 15 is 0 Å². The summed E-state index contributed by atoms with van der Waals surface area (Å²) in [6, 6.07) is 4.80. The van der Waals surface area contributed by atoms with Crippen LogP contribution < -0.4 is 10.0 Å². The van der Waals surface area contributed by atoms with Crippen molar-refractivity contribution in [1.29, 1.82) is 0 Å². The molecule has 108 valence electrons. The minimum Gasteiger partial charge on any atom is -0.316 e. The third-order valence-corrected chi connectivity index (χ3v) is 5.03. The summed E-state index contributed by atoms with van der Waals surface area (Å²) in [6.45, 7) is 1.05. The van der Waals surface area contributed by atoms with E-state index in [0.29, 0.717) is 18.1 Å². The number of hydrogen-bond acceptors (Lipinski definition) is 4. The molecule has 1 aromatic rings. The second kappa shape index (κ2) is 8.11. The van der Waals surface area contributed by atoms with Crippen LogP contribution in [0.15, 0.2) is 23.1 Å². The molecule has 1 rings (SSSR count). The molecule has 19 heavy (non-hydrogen) atoms. The van der Waals surface area contributed by atoms with Gasteiger partial charge < -0.3 is 5.32 Å². The molecule has 0 unspecified atom stereocenters. The van der Waals surface area contributed by atoms with Crippen molar-refractivity contribution >= 4 is 33.4 Å². The number of halogens is 1. The second-order valence-corrected chi connectivity index (χ2v) is 7.19. The molecule has 0 atom stereocenters. The van der Waals surface area contributed by atoms with E-state index in [0.717, 1.165) is 17.7 Å². The number of hydrogen-bond donors (Lipinski definition) is 2. The van der Waals surface area contributed by atoms with Crippen LogP contribution in [-0.2, 0) is 16.6 Å². The van der Waals surface area contributed by atoms with Crippen molar-refractivity contribution in [3.05, 3.63) is 28.8 Å².